The number of aromatic hydroxyl groups is 1. The number of aliphatic hydroxyl groups is 1. The van der Waals surface area contributed by atoms with Gasteiger partial charge in [-0.15, -0.1) is 0 Å². The number of benzene rings is 2. The highest BCUT2D eigenvalue weighted by Crippen LogP contribution is 2.54. The Bertz CT molecular complexity index is 928. The first kappa shape index (κ1) is 14.8. The summed E-state index contributed by atoms with van der Waals surface area (Å²) in [6, 6.07) is 9.22. The van der Waals surface area contributed by atoms with Crippen LogP contribution in [0.5, 0.6) is 17.2 Å². The smallest absolute Gasteiger partial charge is 0.131 e. The van der Waals surface area contributed by atoms with Gasteiger partial charge in [-0.2, -0.15) is 0 Å². The van der Waals surface area contributed by atoms with Crippen molar-refractivity contribution in [2.75, 3.05) is 6.61 Å². The van der Waals surface area contributed by atoms with Gasteiger partial charge in [-0.05, 0) is 55.7 Å². The van der Waals surface area contributed by atoms with Gasteiger partial charge in [0.15, 0.2) is 0 Å². The summed E-state index contributed by atoms with van der Waals surface area (Å²) in [6.07, 6.45) is 4.83. The van der Waals surface area contributed by atoms with E-state index in [1.165, 1.54) is 0 Å². The Morgan fingerprint density at radius 1 is 1.12 bits per heavy atom. The largest absolute Gasteiger partial charge is 0.508 e. The van der Waals surface area contributed by atoms with Crippen LogP contribution in [0.2, 0.25) is 0 Å². The molecule has 0 saturated heterocycles. The molecule has 2 heterocycles. The molecule has 0 radical (unpaired) electrons. The van der Waals surface area contributed by atoms with Crippen molar-refractivity contribution >= 4 is 6.08 Å². The minimum absolute atomic E-state index is 0.0762. The summed E-state index contributed by atoms with van der Waals surface area (Å²) in [6.45, 7) is 4.25. The molecule has 25 heavy (non-hydrogen) atoms. The van der Waals surface area contributed by atoms with Gasteiger partial charge in [0.2, 0.25) is 0 Å². The number of hydrogen-bond donors (Lipinski definition) is 2. The molecule has 1 aliphatic carbocycles. The lowest BCUT2D eigenvalue weighted by atomic mass is 9.80. The van der Waals surface area contributed by atoms with Gasteiger partial charge in [0, 0.05) is 23.1 Å². The van der Waals surface area contributed by atoms with Crippen molar-refractivity contribution in [1.82, 2.24) is 0 Å². The highest BCUT2D eigenvalue weighted by molar-refractivity contribution is 5.66. The standard InChI is InChI=1S/C21H20O4/c1-20(2)6-5-12-7-16-13(9-18(12)25-20)8-17-15-4-3-14(22)10-19(15)24-11-21(16,17)23/h3-7,9-10,17,22-23H,8,11H2,1-2H3/t17-,21-/m0/s1. The van der Waals surface area contributed by atoms with Gasteiger partial charge in [-0.25, -0.2) is 0 Å². The van der Waals surface area contributed by atoms with E-state index >= 15 is 0 Å². The fraction of sp³-hybridized carbons (Fsp3) is 0.333. The molecule has 2 aromatic carbocycles. The summed E-state index contributed by atoms with van der Waals surface area (Å²) >= 11 is 0. The van der Waals surface area contributed by atoms with Crippen LogP contribution in [0.4, 0.5) is 0 Å². The number of rotatable bonds is 0. The average Bonchev–Trinajstić information content (AvgIpc) is 2.84. The second-order valence-electron chi connectivity index (χ2n) is 7.78. The minimum Gasteiger partial charge on any atom is -0.508 e. The zero-order valence-corrected chi connectivity index (χ0v) is 14.2. The summed E-state index contributed by atoms with van der Waals surface area (Å²) in [4.78, 5) is 0. The van der Waals surface area contributed by atoms with Crippen LogP contribution >= 0.6 is 0 Å². The molecule has 0 aromatic heterocycles. The van der Waals surface area contributed by atoms with Crippen molar-refractivity contribution in [3.05, 3.63) is 58.7 Å². The van der Waals surface area contributed by atoms with Gasteiger partial charge in [0.05, 0.1) is 0 Å². The Kier molecular flexibility index (Phi) is 2.72. The maximum atomic E-state index is 11.4. The fourth-order valence-electron chi connectivity index (χ4n) is 4.28. The Hall–Kier alpha value is -2.46. The zero-order chi connectivity index (χ0) is 17.4. The molecule has 0 bridgehead atoms. The normalized spacial score (nSPS) is 27.4. The third kappa shape index (κ3) is 2.04. The predicted octanol–water partition coefficient (Wildman–Crippen LogP) is 3.50. The number of hydrogen-bond acceptors (Lipinski definition) is 4. The van der Waals surface area contributed by atoms with Crippen molar-refractivity contribution in [3.63, 3.8) is 0 Å². The monoisotopic (exact) mass is 336 g/mol. The third-order valence-electron chi connectivity index (χ3n) is 5.56. The first-order valence-electron chi connectivity index (χ1n) is 8.59. The Morgan fingerprint density at radius 3 is 2.80 bits per heavy atom. The van der Waals surface area contributed by atoms with Gasteiger partial charge in [0.25, 0.3) is 0 Å². The summed E-state index contributed by atoms with van der Waals surface area (Å²) < 4.78 is 11.9. The quantitative estimate of drug-likeness (QED) is 0.773. The minimum atomic E-state index is -1.05. The van der Waals surface area contributed by atoms with Crippen LogP contribution in [0, 0.1) is 0 Å². The van der Waals surface area contributed by atoms with Crippen LogP contribution in [0.3, 0.4) is 0 Å². The second kappa shape index (κ2) is 4.58. The van der Waals surface area contributed by atoms with E-state index in [9.17, 15) is 10.2 Å². The second-order valence-corrected chi connectivity index (χ2v) is 7.78. The van der Waals surface area contributed by atoms with E-state index in [2.05, 4.69) is 12.1 Å². The summed E-state index contributed by atoms with van der Waals surface area (Å²) in [7, 11) is 0. The Balaban J connectivity index is 1.63. The lowest BCUT2D eigenvalue weighted by Gasteiger charge is -2.37. The molecule has 0 spiro atoms. The van der Waals surface area contributed by atoms with Crippen LogP contribution in [0.15, 0.2) is 36.4 Å². The van der Waals surface area contributed by atoms with Gasteiger partial charge in [0.1, 0.15) is 35.1 Å². The van der Waals surface area contributed by atoms with Gasteiger partial charge >= 0.3 is 0 Å². The van der Waals surface area contributed by atoms with Gasteiger partial charge in [-0.1, -0.05) is 12.1 Å². The molecule has 2 atom stereocenters. The van der Waals surface area contributed by atoms with Crippen molar-refractivity contribution in [2.24, 2.45) is 0 Å². The van der Waals surface area contributed by atoms with E-state index in [1.54, 1.807) is 12.1 Å². The molecule has 4 nitrogen and oxygen atoms in total. The predicted molar refractivity (Wildman–Crippen MR) is 94.1 cm³/mol. The number of ether oxygens (including phenoxy) is 2. The average molecular weight is 336 g/mol. The van der Waals surface area contributed by atoms with Crippen LogP contribution in [0.25, 0.3) is 6.08 Å². The van der Waals surface area contributed by atoms with E-state index < -0.39 is 5.60 Å². The van der Waals surface area contributed by atoms with Crippen LogP contribution < -0.4 is 9.47 Å². The highest BCUT2D eigenvalue weighted by atomic mass is 16.5. The Morgan fingerprint density at radius 2 is 1.96 bits per heavy atom. The van der Waals surface area contributed by atoms with Gasteiger partial charge in [-0.3, -0.25) is 0 Å². The number of phenolic OH excluding ortho intramolecular Hbond substituents is 1. The lowest BCUT2D eigenvalue weighted by molar-refractivity contribution is -0.0377. The van der Waals surface area contributed by atoms with Gasteiger partial charge < -0.3 is 19.7 Å². The summed E-state index contributed by atoms with van der Waals surface area (Å²) in [5, 5.41) is 21.1. The molecule has 5 rings (SSSR count). The molecule has 0 saturated carbocycles. The van der Waals surface area contributed by atoms with E-state index in [-0.39, 0.29) is 23.9 Å². The number of phenols is 1. The van der Waals surface area contributed by atoms with E-state index in [0.717, 1.165) is 34.4 Å². The first-order valence-corrected chi connectivity index (χ1v) is 8.59. The van der Waals surface area contributed by atoms with Crippen molar-refractivity contribution in [2.45, 2.75) is 37.4 Å². The molecule has 2 N–H and O–H groups in total. The van der Waals surface area contributed by atoms with Crippen molar-refractivity contribution < 1.29 is 19.7 Å². The molecule has 2 aromatic rings. The van der Waals surface area contributed by atoms with Crippen molar-refractivity contribution in [3.8, 4) is 17.2 Å². The molecule has 2 aliphatic heterocycles. The number of fused-ring (bicyclic) bond motifs is 6. The Labute approximate surface area is 146 Å². The molecule has 3 aliphatic rings. The molecule has 4 heteroatoms. The molecule has 0 amide bonds. The SMILES string of the molecule is CC1(C)C=Cc2cc3c(cc2O1)C[C@H]1c2ccc(O)cc2OC[C@]31O. The molecule has 0 fully saturated rings. The van der Waals surface area contributed by atoms with Crippen LogP contribution in [0.1, 0.15) is 42.0 Å². The van der Waals surface area contributed by atoms with Crippen LogP contribution in [-0.4, -0.2) is 22.4 Å². The maximum Gasteiger partial charge on any atom is 0.131 e. The first-order chi connectivity index (χ1) is 11.9. The molecular weight excluding hydrogens is 316 g/mol. The van der Waals surface area contributed by atoms with E-state index in [1.807, 2.05) is 32.1 Å². The molecular formula is C21H20O4. The maximum absolute atomic E-state index is 11.4. The topological polar surface area (TPSA) is 58.9 Å². The summed E-state index contributed by atoms with van der Waals surface area (Å²) in [5.74, 6) is 1.62. The lowest BCUT2D eigenvalue weighted by Crippen LogP contribution is -2.40. The molecule has 128 valence electrons. The van der Waals surface area contributed by atoms with E-state index in [4.69, 9.17) is 9.47 Å². The fourth-order valence-corrected chi connectivity index (χ4v) is 4.28. The van der Waals surface area contributed by atoms with E-state index in [0.29, 0.717) is 5.75 Å². The third-order valence-corrected chi connectivity index (χ3v) is 5.56. The zero-order valence-electron chi connectivity index (χ0n) is 14.2. The van der Waals surface area contributed by atoms with Crippen LogP contribution in [-0.2, 0) is 12.0 Å². The summed E-state index contributed by atoms with van der Waals surface area (Å²) in [5.41, 5.74) is 2.58. The molecule has 0 unspecified atom stereocenters. The highest BCUT2D eigenvalue weighted by Gasteiger charge is 2.51. The van der Waals surface area contributed by atoms with Crippen molar-refractivity contribution in [1.29, 1.82) is 0 Å².